The third-order valence-electron chi connectivity index (χ3n) is 3.49. The Morgan fingerprint density at radius 1 is 1.08 bits per heavy atom. The first-order chi connectivity index (χ1) is 11.6. The van der Waals surface area contributed by atoms with Crippen LogP contribution in [0.25, 0.3) is 0 Å². The summed E-state index contributed by atoms with van der Waals surface area (Å²) in [4.78, 5) is 11.8. The molecule has 0 bridgehead atoms. The number of ether oxygens (including phenoxy) is 2. The Bertz CT molecular complexity index is 639. The molecule has 0 aliphatic carbocycles. The number of nitrogens with one attached hydrogen (secondary N) is 1. The van der Waals surface area contributed by atoms with Gasteiger partial charge in [0, 0.05) is 0 Å². The van der Waals surface area contributed by atoms with Gasteiger partial charge in [0.1, 0.15) is 18.1 Å². The zero-order chi connectivity index (χ0) is 17.4. The first-order valence-corrected chi connectivity index (χ1v) is 7.55. The van der Waals surface area contributed by atoms with Gasteiger partial charge in [-0.05, 0) is 41.8 Å². The molecule has 0 saturated carbocycles. The van der Waals surface area contributed by atoms with E-state index < -0.39 is 12.1 Å². The highest BCUT2D eigenvalue weighted by atomic mass is 16.5. The Labute approximate surface area is 140 Å². The Morgan fingerprint density at radius 3 is 2.29 bits per heavy atom. The van der Waals surface area contributed by atoms with Gasteiger partial charge in [-0.2, -0.15) is 0 Å². The van der Waals surface area contributed by atoms with Gasteiger partial charge in [0.2, 0.25) is 0 Å². The molecule has 6 nitrogen and oxygen atoms in total. The highest BCUT2D eigenvalue weighted by Crippen LogP contribution is 2.13. The standard InChI is InChI=1S/C18H21NO5/c1-23-17-8-4-14(5-9-17)12-24-18(22)19-15(11-20)10-13-2-6-16(21)7-3-13/h2-9,15,20-21H,10-12H2,1H3,(H,19,22). The number of aromatic hydroxyl groups is 1. The van der Waals surface area contributed by atoms with Gasteiger partial charge in [-0.3, -0.25) is 0 Å². The van der Waals surface area contributed by atoms with Crippen LogP contribution in [-0.2, 0) is 17.8 Å². The van der Waals surface area contributed by atoms with Crippen molar-refractivity contribution in [2.45, 2.75) is 19.1 Å². The lowest BCUT2D eigenvalue weighted by Crippen LogP contribution is -2.39. The van der Waals surface area contributed by atoms with Crippen LogP contribution < -0.4 is 10.1 Å². The van der Waals surface area contributed by atoms with Crippen LogP contribution >= 0.6 is 0 Å². The van der Waals surface area contributed by atoms with Gasteiger partial charge in [-0.15, -0.1) is 0 Å². The highest BCUT2D eigenvalue weighted by Gasteiger charge is 2.13. The number of aliphatic hydroxyl groups excluding tert-OH is 1. The lowest BCUT2D eigenvalue weighted by Gasteiger charge is -2.16. The zero-order valence-electron chi connectivity index (χ0n) is 13.4. The van der Waals surface area contributed by atoms with Crippen LogP contribution in [0.4, 0.5) is 4.79 Å². The van der Waals surface area contributed by atoms with Crippen molar-refractivity contribution in [1.29, 1.82) is 0 Å². The number of methoxy groups -OCH3 is 1. The van der Waals surface area contributed by atoms with Crippen molar-refractivity contribution in [2.24, 2.45) is 0 Å². The number of carbonyl (C=O) groups is 1. The van der Waals surface area contributed by atoms with Gasteiger partial charge in [0.05, 0.1) is 19.8 Å². The average molecular weight is 331 g/mol. The zero-order valence-corrected chi connectivity index (χ0v) is 13.4. The second kappa shape index (κ2) is 8.79. The lowest BCUT2D eigenvalue weighted by atomic mass is 10.1. The van der Waals surface area contributed by atoms with E-state index in [4.69, 9.17) is 9.47 Å². The lowest BCUT2D eigenvalue weighted by molar-refractivity contribution is 0.129. The Kier molecular flexibility index (Phi) is 6.45. The molecular formula is C18H21NO5. The van der Waals surface area contributed by atoms with E-state index >= 15 is 0 Å². The summed E-state index contributed by atoms with van der Waals surface area (Å²) in [5.74, 6) is 0.906. The van der Waals surface area contributed by atoms with Gasteiger partial charge in [0.25, 0.3) is 0 Å². The minimum absolute atomic E-state index is 0.132. The van der Waals surface area contributed by atoms with Gasteiger partial charge < -0.3 is 25.0 Å². The maximum atomic E-state index is 11.8. The third-order valence-corrected chi connectivity index (χ3v) is 3.49. The number of hydrogen-bond acceptors (Lipinski definition) is 5. The van der Waals surface area contributed by atoms with Crippen LogP contribution in [-0.4, -0.2) is 36.1 Å². The molecule has 1 unspecified atom stereocenters. The maximum Gasteiger partial charge on any atom is 0.407 e. The fourth-order valence-corrected chi connectivity index (χ4v) is 2.16. The van der Waals surface area contributed by atoms with E-state index in [1.54, 1.807) is 43.5 Å². The van der Waals surface area contributed by atoms with Crippen molar-refractivity contribution >= 4 is 6.09 Å². The largest absolute Gasteiger partial charge is 0.508 e. The topological polar surface area (TPSA) is 88.0 Å². The number of hydrogen-bond donors (Lipinski definition) is 3. The van der Waals surface area contributed by atoms with Crippen LogP contribution in [0.5, 0.6) is 11.5 Å². The first kappa shape index (κ1) is 17.6. The minimum Gasteiger partial charge on any atom is -0.508 e. The summed E-state index contributed by atoms with van der Waals surface area (Å²) in [6.07, 6.45) is -0.155. The number of aliphatic hydroxyl groups is 1. The van der Waals surface area contributed by atoms with Crippen molar-refractivity contribution in [1.82, 2.24) is 5.32 Å². The summed E-state index contributed by atoms with van der Waals surface area (Å²) in [6.45, 7) is -0.0777. The van der Waals surface area contributed by atoms with E-state index in [9.17, 15) is 15.0 Å². The van der Waals surface area contributed by atoms with Crippen molar-refractivity contribution in [3.63, 3.8) is 0 Å². The van der Waals surface area contributed by atoms with Crippen LogP contribution in [0.1, 0.15) is 11.1 Å². The van der Waals surface area contributed by atoms with Gasteiger partial charge in [0.15, 0.2) is 0 Å². The first-order valence-electron chi connectivity index (χ1n) is 7.55. The summed E-state index contributed by atoms with van der Waals surface area (Å²) in [6, 6.07) is 13.3. The molecule has 6 heteroatoms. The minimum atomic E-state index is -0.594. The molecule has 0 aliphatic heterocycles. The van der Waals surface area contributed by atoms with E-state index in [-0.39, 0.29) is 19.0 Å². The molecule has 0 fully saturated rings. The predicted molar refractivity (Wildman–Crippen MR) is 89.0 cm³/mol. The molecule has 0 saturated heterocycles. The molecule has 0 aromatic heterocycles. The summed E-state index contributed by atoms with van der Waals surface area (Å²) in [7, 11) is 1.59. The molecule has 0 heterocycles. The highest BCUT2D eigenvalue weighted by molar-refractivity contribution is 5.67. The quantitative estimate of drug-likeness (QED) is 0.724. The second-order valence-electron chi connectivity index (χ2n) is 5.32. The number of amides is 1. The van der Waals surface area contributed by atoms with E-state index in [2.05, 4.69) is 5.32 Å². The third kappa shape index (κ3) is 5.48. The monoisotopic (exact) mass is 331 g/mol. The number of benzene rings is 2. The van der Waals surface area contributed by atoms with E-state index in [1.807, 2.05) is 12.1 Å². The van der Waals surface area contributed by atoms with Crippen molar-refractivity contribution in [3.05, 3.63) is 59.7 Å². The average Bonchev–Trinajstić information content (AvgIpc) is 2.61. The van der Waals surface area contributed by atoms with E-state index in [0.29, 0.717) is 6.42 Å². The molecule has 1 atom stereocenters. The fourth-order valence-electron chi connectivity index (χ4n) is 2.16. The van der Waals surface area contributed by atoms with Crippen LogP contribution in [0, 0.1) is 0 Å². The molecular weight excluding hydrogens is 310 g/mol. The summed E-state index contributed by atoms with van der Waals surface area (Å²) in [5, 5.41) is 21.3. The molecule has 0 radical (unpaired) electrons. The fraction of sp³-hybridized carbons (Fsp3) is 0.278. The Hall–Kier alpha value is -2.73. The molecule has 2 rings (SSSR count). The molecule has 1 amide bonds. The second-order valence-corrected chi connectivity index (χ2v) is 5.32. The van der Waals surface area contributed by atoms with E-state index in [1.165, 1.54) is 0 Å². The maximum absolute atomic E-state index is 11.8. The molecule has 3 N–H and O–H groups in total. The summed E-state index contributed by atoms with van der Waals surface area (Å²) >= 11 is 0. The van der Waals surface area contributed by atoms with Gasteiger partial charge in [-0.25, -0.2) is 4.79 Å². The van der Waals surface area contributed by atoms with Gasteiger partial charge >= 0.3 is 6.09 Å². The van der Waals surface area contributed by atoms with Crippen molar-refractivity contribution in [2.75, 3.05) is 13.7 Å². The van der Waals surface area contributed by atoms with Crippen LogP contribution in [0.15, 0.2) is 48.5 Å². The molecule has 2 aromatic carbocycles. The summed E-state index contributed by atoms with van der Waals surface area (Å²) < 4.78 is 10.2. The SMILES string of the molecule is COc1ccc(COC(=O)NC(CO)Cc2ccc(O)cc2)cc1. The molecule has 128 valence electrons. The number of phenols is 1. The van der Waals surface area contributed by atoms with Crippen molar-refractivity contribution in [3.8, 4) is 11.5 Å². The number of phenolic OH excluding ortho intramolecular Hbond substituents is 1. The van der Waals surface area contributed by atoms with Crippen LogP contribution in [0.3, 0.4) is 0 Å². The predicted octanol–water partition coefficient (Wildman–Crippen LogP) is 2.23. The molecule has 0 spiro atoms. The van der Waals surface area contributed by atoms with Crippen molar-refractivity contribution < 1.29 is 24.5 Å². The Morgan fingerprint density at radius 2 is 1.71 bits per heavy atom. The number of rotatable bonds is 7. The smallest absolute Gasteiger partial charge is 0.407 e. The Balaban J connectivity index is 1.81. The normalized spacial score (nSPS) is 11.6. The summed E-state index contributed by atoms with van der Waals surface area (Å²) in [5.41, 5.74) is 1.73. The molecule has 0 aliphatic rings. The molecule has 24 heavy (non-hydrogen) atoms. The number of alkyl carbamates (subject to hydrolysis) is 1. The van der Waals surface area contributed by atoms with Gasteiger partial charge in [-0.1, -0.05) is 24.3 Å². The molecule has 2 aromatic rings. The van der Waals surface area contributed by atoms with E-state index in [0.717, 1.165) is 16.9 Å². The van der Waals surface area contributed by atoms with Crippen LogP contribution in [0.2, 0.25) is 0 Å². The number of carbonyl (C=O) groups excluding carboxylic acids is 1.